The van der Waals surface area contributed by atoms with E-state index in [2.05, 4.69) is 175 Å². The van der Waals surface area contributed by atoms with E-state index in [1.54, 1.807) is 6.20 Å². The third-order valence-corrected chi connectivity index (χ3v) is 10.5. The molecule has 1 radical (unpaired) electrons. The van der Waals surface area contributed by atoms with Crippen LogP contribution >= 0.6 is 0 Å². The highest BCUT2D eigenvalue weighted by Gasteiger charge is 2.25. The summed E-state index contributed by atoms with van der Waals surface area (Å²) in [4.78, 5) is 4.23. The van der Waals surface area contributed by atoms with Crippen molar-refractivity contribution < 1.29 is 3.79 Å². The fraction of sp³-hybridized carbons (Fsp3) is 0. The first-order chi connectivity index (χ1) is 26.8. The van der Waals surface area contributed by atoms with Crippen LogP contribution < -0.4 is 3.79 Å². The number of para-hydroxylation sites is 1. The van der Waals surface area contributed by atoms with E-state index < -0.39 is 0 Å². The molecule has 0 saturated carbocycles. The Hall–Kier alpha value is -6.50. The lowest BCUT2D eigenvalue weighted by molar-refractivity contribution is 0.622. The van der Waals surface area contributed by atoms with Gasteiger partial charge in [0.25, 0.3) is 0 Å². The van der Waals surface area contributed by atoms with Gasteiger partial charge in [-0.2, -0.15) is 0 Å². The summed E-state index contributed by atoms with van der Waals surface area (Å²) in [7, 11) is 0. The zero-order valence-electron chi connectivity index (χ0n) is 29.7. The number of nitrogens with zero attached hydrogens (tertiary/aromatic N) is 1. The summed E-state index contributed by atoms with van der Waals surface area (Å²) in [6, 6.07) is 71.5. The molecule has 0 atom stereocenters. The van der Waals surface area contributed by atoms with Crippen molar-refractivity contribution in [2.75, 3.05) is 0 Å². The summed E-state index contributed by atoms with van der Waals surface area (Å²) in [5, 5.41) is 8.76. The van der Waals surface area contributed by atoms with Crippen LogP contribution in [0.2, 0.25) is 0 Å². The monoisotopic (exact) mass is 704 g/mol. The van der Waals surface area contributed by atoms with Gasteiger partial charge in [0.15, 0.2) is 0 Å². The highest BCUT2D eigenvalue weighted by Crippen LogP contribution is 2.53. The molecule has 0 N–H and O–H groups in total. The van der Waals surface area contributed by atoms with Crippen LogP contribution in [0, 0.1) is 0 Å². The van der Waals surface area contributed by atoms with Crippen LogP contribution in [0.5, 0.6) is 5.75 Å². The number of hydrogen-bond acceptors (Lipinski definition) is 2. The predicted octanol–water partition coefficient (Wildman–Crippen LogP) is 13.2. The van der Waals surface area contributed by atoms with Crippen LogP contribution in [-0.4, -0.2) is 21.6 Å². The van der Waals surface area contributed by atoms with Crippen molar-refractivity contribution in [3.8, 4) is 50.3 Å². The van der Waals surface area contributed by atoms with Gasteiger partial charge in [0, 0.05) is 11.6 Å². The Kier molecular flexibility index (Phi) is 9.17. The van der Waals surface area contributed by atoms with E-state index in [1.807, 2.05) is 30.3 Å². The SMILES string of the molecule is [AlH][O]c1cccc2cccnc12.c1ccc(-c2c3ccccc3c(-c3ccccc3)c3c(-c4ccccc4)c4ccccc4c(-c4ccccc4)c23)cc1. The molecule has 10 aromatic rings. The van der Waals surface area contributed by atoms with Gasteiger partial charge in [-0.05, 0) is 89.0 Å². The number of pyridine rings is 1. The molecule has 2 nitrogen and oxygen atoms in total. The average molecular weight is 705 g/mol. The lowest BCUT2D eigenvalue weighted by Crippen LogP contribution is -1.97. The molecule has 0 fully saturated rings. The molecule has 54 heavy (non-hydrogen) atoms. The van der Waals surface area contributed by atoms with Crippen LogP contribution in [0.1, 0.15) is 0 Å². The van der Waals surface area contributed by atoms with Gasteiger partial charge in [-0.25, -0.2) is 0 Å². The smallest absolute Gasteiger partial charge is 0.494 e. The third kappa shape index (κ3) is 6.01. The van der Waals surface area contributed by atoms with E-state index in [0.29, 0.717) is 0 Å². The zero-order chi connectivity index (χ0) is 36.3. The molecule has 10 rings (SSSR count). The number of aromatic nitrogens is 1. The molecule has 0 spiro atoms. The van der Waals surface area contributed by atoms with Crippen molar-refractivity contribution in [1.29, 1.82) is 0 Å². The molecular weight excluding hydrogens is 670 g/mol. The Balaban J connectivity index is 0.000000272. The van der Waals surface area contributed by atoms with Crippen molar-refractivity contribution in [3.05, 3.63) is 206 Å². The summed E-state index contributed by atoms with van der Waals surface area (Å²) >= 11 is 1.47. The van der Waals surface area contributed by atoms with E-state index in [1.165, 1.54) is 93.4 Å². The number of benzene rings is 9. The second-order valence-electron chi connectivity index (χ2n) is 13.3. The van der Waals surface area contributed by atoms with Gasteiger partial charge in [-0.15, -0.1) is 0 Å². The van der Waals surface area contributed by atoms with E-state index in [4.69, 9.17) is 3.79 Å². The van der Waals surface area contributed by atoms with E-state index in [9.17, 15) is 0 Å². The maximum Gasteiger partial charge on any atom is 0.494 e. The fourth-order valence-electron chi connectivity index (χ4n) is 7.94. The van der Waals surface area contributed by atoms with E-state index in [-0.39, 0.29) is 0 Å². The second-order valence-corrected chi connectivity index (χ2v) is 13.6. The molecule has 0 saturated heterocycles. The molecular formula is C51H35AlNO. The van der Waals surface area contributed by atoms with Gasteiger partial charge >= 0.3 is 16.6 Å². The highest BCUT2D eigenvalue weighted by atomic mass is 27.1. The number of rotatable bonds is 5. The van der Waals surface area contributed by atoms with Crippen LogP contribution in [0.25, 0.3) is 87.7 Å². The molecule has 1 heterocycles. The molecule has 9 aromatic carbocycles. The van der Waals surface area contributed by atoms with Gasteiger partial charge in [-0.3, -0.25) is 4.98 Å². The molecule has 0 bridgehead atoms. The second kappa shape index (κ2) is 14.9. The Morgan fingerprint density at radius 1 is 0.333 bits per heavy atom. The molecule has 0 unspecified atom stereocenters. The molecule has 0 amide bonds. The molecule has 0 aliphatic rings. The Labute approximate surface area is 323 Å². The fourth-order valence-corrected chi connectivity index (χ4v) is 8.17. The first-order valence-electron chi connectivity index (χ1n) is 18.2. The van der Waals surface area contributed by atoms with Gasteiger partial charge in [0.2, 0.25) is 0 Å². The summed E-state index contributed by atoms with van der Waals surface area (Å²) < 4.78 is 5.19. The lowest BCUT2D eigenvalue weighted by Gasteiger charge is -2.25. The zero-order valence-corrected chi connectivity index (χ0v) is 31.1. The normalized spacial score (nSPS) is 11.0. The standard InChI is InChI=1S/C42H28.C9H7NO.Al.H/c1-5-17-29(18-6-1)37-33-25-13-14-26-34(33)39(31-21-9-3-10-22-31)42-40(32-23-11-4-12-24-32)36-28-16-15-27-35(36)38(41(37)42)30-19-7-2-8-20-30;11-8-5-1-3-7-4-2-6-10-9(7)8;;/h1-28H;1-6,11H;;/q;;+1;/p-1. The molecule has 0 aliphatic carbocycles. The van der Waals surface area contributed by atoms with Crippen LogP contribution in [0.4, 0.5) is 0 Å². The van der Waals surface area contributed by atoms with Gasteiger partial charge in [0.1, 0.15) is 11.3 Å². The van der Waals surface area contributed by atoms with Crippen molar-refractivity contribution in [1.82, 2.24) is 4.98 Å². The Morgan fingerprint density at radius 2 is 0.667 bits per heavy atom. The average Bonchev–Trinajstić information content (AvgIpc) is 3.26. The van der Waals surface area contributed by atoms with E-state index in [0.717, 1.165) is 16.7 Å². The molecule has 253 valence electrons. The minimum atomic E-state index is 0.839. The number of hydrogen-bond donors (Lipinski definition) is 0. The Morgan fingerprint density at radius 3 is 1.02 bits per heavy atom. The van der Waals surface area contributed by atoms with Crippen LogP contribution in [0.3, 0.4) is 0 Å². The quantitative estimate of drug-likeness (QED) is 0.131. The largest absolute Gasteiger partial charge is 0.649 e. The highest BCUT2D eigenvalue weighted by molar-refractivity contribution is 6.33. The van der Waals surface area contributed by atoms with Gasteiger partial charge in [-0.1, -0.05) is 188 Å². The lowest BCUT2D eigenvalue weighted by atomic mass is 9.77. The topological polar surface area (TPSA) is 22.1 Å². The molecule has 1 aromatic heterocycles. The van der Waals surface area contributed by atoms with Gasteiger partial charge in [0.05, 0.1) is 0 Å². The van der Waals surface area contributed by atoms with Crippen LogP contribution in [0.15, 0.2) is 206 Å². The summed E-state index contributed by atoms with van der Waals surface area (Å²) in [6.45, 7) is 0. The first-order valence-corrected chi connectivity index (χ1v) is 18.8. The predicted molar refractivity (Wildman–Crippen MR) is 230 cm³/mol. The first kappa shape index (κ1) is 33.3. The molecule has 3 heteroatoms. The maximum absolute atomic E-state index is 5.19. The van der Waals surface area contributed by atoms with Crippen molar-refractivity contribution in [2.24, 2.45) is 0 Å². The minimum absolute atomic E-state index is 0.839. The maximum atomic E-state index is 5.19. The van der Waals surface area contributed by atoms with Crippen molar-refractivity contribution >= 4 is 59.8 Å². The summed E-state index contributed by atoms with van der Waals surface area (Å²) in [6.07, 6.45) is 1.77. The third-order valence-electron chi connectivity index (χ3n) is 10.2. The number of fused-ring (bicyclic) bond motifs is 4. The van der Waals surface area contributed by atoms with Crippen molar-refractivity contribution in [2.45, 2.75) is 0 Å². The van der Waals surface area contributed by atoms with Crippen LogP contribution in [-0.2, 0) is 0 Å². The molecule has 0 aliphatic heterocycles. The minimum Gasteiger partial charge on any atom is -0.649 e. The van der Waals surface area contributed by atoms with E-state index >= 15 is 0 Å². The Bertz CT molecular complexity index is 2570. The summed E-state index contributed by atoms with van der Waals surface area (Å²) in [5.74, 6) is 0.839. The van der Waals surface area contributed by atoms with Crippen molar-refractivity contribution in [3.63, 3.8) is 0 Å². The van der Waals surface area contributed by atoms with Gasteiger partial charge < -0.3 is 3.79 Å². The summed E-state index contributed by atoms with van der Waals surface area (Å²) in [5.41, 5.74) is 11.0.